The summed E-state index contributed by atoms with van der Waals surface area (Å²) in [4.78, 5) is 0. The Morgan fingerprint density at radius 1 is 0.424 bits per heavy atom. The summed E-state index contributed by atoms with van der Waals surface area (Å²) in [5.41, 5.74) is 11.2. The average molecular weight is 445 g/mol. The largest absolute Gasteiger partial charge is 0.181 e. The molecule has 1 aliphatic rings. The molecular weight excluding hydrogens is 412 g/mol. The Hall–Kier alpha value is -3.16. The first-order chi connectivity index (χ1) is 15.9. The lowest BCUT2D eigenvalue weighted by atomic mass is 10.1. The maximum Gasteiger partial charge on any atom is 0.181 e. The van der Waals surface area contributed by atoms with Gasteiger partial charge in [0.1, 0.15) is 0 Å². The molecule has 0 radical (unpaired) electrons. The van der Waals surface area contributed by atoms with E-state index in [1.54, 1.807) is 20.8 Å². The van der Waals surface area contributed by atoms with E-state index in [1.165, 1.54) is 44.5 Å². The highest BCUT2D eigenvalue weighted by Gasteiger charge is 2.61. The van der Waals surface area contributed by atoms with Crippen LogP contribution in [-0.2, 0) is 0 Å². The number of aryl methyl sites for hydroxylation is 6. The smallest absolute Gasteiger partial charge is 0.0622 e. The van der Waals surface area contributed by atoms with Crippen LogP contribution in [0.2, 0.25) is 0 Å². The summed E-state index contributed by atoms with van der Waals surface area (Å²) in [6.07, 6.45) is 0. The molecule has 4 aromatic rings. The Kier molecular flexibility index (Phi) is 5.26. The maximum absolute atomic E-state index is 2.39. The molecule has 0 fully saturated rings. The SMILES string of the molecule is Cc1cc(C)c([Si]2(c3c(C)cc(C)cc3C)C(c3ccccc3)=C2c2ccccc2)c(C)c1. The van der Waals surface area contributed by atoms with Crippen molar-refractivity contribution in [1.29, 1.82) is 0 Å². The van der Waals surface area contributed by atoms with E-state index in [2.05, 4.69) is 126 Å². The van der Waals surface area contributed by atoms with Gasteiger partial charge in [0.15, 0.2) is 8.07 Å². The summed E-state index contributed by atoms with van der Waals surface area (Å²) in [6.45, 7) is 13.7. The molecule has 164 valence electrons. The van der Waals surface area contributed by atoms with E-state index in [1.807, 2.05) is 0 Å². The highest BCUT2D eigenvalue weighted by molar-refractivity contribution is 7.39. The second kappa shape index (κ2) is 8.00. The van der Waals surface area contributed by atoms with Crippen LogP contribution in [0.4, 0.5) is 0 Å². The van der Waals surface area contributed by atoms with Crippen molar-refractivity contribution in [3.63, 3.8) is 0 Å². The fourth-order valence-corrected chi connectivity index (χ4v) is 12.7. The van der Waals surface area contributed by atoms with Gasteiger partial charge < -0.3 is 0 Å². The van der Waals surface area contributed by atoms with E-state index in [0.29, 0.717) is 0 Å². The minimum absolute atomic E-state index is 1.35. The highest BCUT2D eigenvalue weighted by atomic mass is 28.3. The van der Waals surface area contributed by atoms with Gasteiger partial charge in [-0.3, -0.25) is 0 Å². The molecule has 1 heteroatoms. The average Bonchev–Trinajstić information content (AvgIpc) is 3.43. The normalized spacial score (nSPS) is 14.5. The van der Waals surface area contributed by atoms with Crippen molar-refractivity contribution in [3.8, 4) is 0 Å². The number of hydrogen-bond donors (Lipinski definition) is 0. The first kappa shape index (κ1) is 21.7. The van der Waals surface area contributed by atoms with E-state index in [4.69, 9.17) is 0 Å². The predicted molar refractivity (Wildman–Crippen MR) is 146 cm³/mol. The summed E-state index contributed by atoms with van der Waals surface area (Å²) in [7, 11) is -2.34. The van der Waals surface area contributed by atoms with Gasteiger partial charge in [-0.05, 0) is 73.4 Å². The van der Waals surface area contributed by atoms with Gasteiger partial charge in [-0.15, -0.1) is 0 Å². The zero-order chi connectivity index (χ0) is 23.3. The second-order valence-corrected chi connectivity index (χ2v) is 13.3. The molecule has 5 rings (SSSR count). The predicted octanol–water partition coefficient (Wildman–Crippen LogP) is 6.80. The zero-order valence-electron chi connectivity index (χ0n) is 20.6. The van der Waals surface area contributed by atoms with Gasteiger partial charge in [-0.2, -0.15) is 0 Å². The van der Waals surface area contributed by atoms with Gasteiger partial charge in [-0.1, -0.05) is 118 Å². The molecule has 0 aliphatic carbocycles. The van der Waals surface area contributed by atoms with Crippen LogP contribution >= 0.6 is 0 Å². The third-order valence-corrected chi connectivity index (χ3v) is 12.6. The van der Waals surface area contributed by atoms with E-state index >= 15 is 0 Å². The monoisotopic (exact) mass is 444 g/mol. The lowest BCUT2D eigenvalue weighted by Crippen LogP contribution is -2.54. The van der Waals surface area contributed by atoms with Gasteiger partial charge in [0.25, 0.3) is 0 Å². The molecule has 0 amide bonds. The molecule has 0 bridgehead atoms. The summed E-state index contributed by atoms with van der Waals surface area (Å²) < 4.78 is 0. The molecule has 1 aliphatic heterocycles. The Balaban J connectivity index is 1.93. The van der Waals surface area contributed by atoms with Crippen LogP contribution in [0, 0.1) is 41.5 Å². The fourth-order valence-electron chi connectivity index (χ4n) is 6.38. The molecule has 4 aromatic carbocycles. The Morgan fingerprint density at radius 2 is 0.727 bits per heavy atom. The lowest BCUT2D eigenvalue weighted by molar-refractivity contribution is 1.34. The van der Waals surface area contributed by atoms with Crippen molar-refractivity contribution < 1.29 is 0 Å². The number of rotatable bonds is 4. The van der Waals surface area contributed by atoms with Crippen LogP contribution in [0.15, 0.2) is 84.9 Å². The van der Waals surface area contributed by atoms with Crippen LogP contribution in [0.5, 0.6) is 0 Å². The van der Waals surface area contributed by atoms with Crippen LogP contribution in [0.25, 0.3) is 10.4 Å². The molecule has 0 saturated carbocycles. The third kappa shape index (κ3) is 3.34. The third-order valence-electron chi connectivity index (χ3n) is 7.17. The Bertz CT molecular complexity index is 1240. The standard InChI is InChI=1S/C32H32Si/c1-21-17-23(3)29(24(4)18-21)33(30-25(5)19-22(2)20-26(30)6)31(27-13-9-7-10-14-27)32(33)28-15-11-8-12-16-28/h7-20H,1-6H3. The summed E-state index contributed by atoms with van der Waals surface area (Å²) in [6, 6.07) is 31.8. The van der Waals surface area contributed by atoms with Gasteiger partial charge in [0, 0.05) is 0 Å². The molecule has 0 N–H and O–H groups in total. The topological polar surface area (TPSA) is 0 Å². The van der Waals surface area contributed by atoms with Gasteiger partial charge in [-0.25, -0.2) is 0 Å². The van der Waals surface area contributed by atoms with Gasteiger partial charge >= 0.3 is 0 Å². The summed E-state index contributed by atoms with van der Waals surface area (Å²) in [5, 5.41) is 6.33. The van der Waals surface area contributed by atoms with Crippen LogP contribution < -0.4 is 10.4 Å². The Labute approximate surface area is 199 Å². The first-order valence-electron chi connectivity index (χ1n) is 11.9. The molecule has 0 saturated heterocycles. The minimum Gasteiger partial charge on any atom is -0.0622 e. The Morgan fingerprint density at radius 3 is 1.03 bits per heavy atom. The van der Waals surface area contributed by atoms with Crippen molar-refractivity contribution in [2.45, 2.75) is 41.5 Å². The maximum atomic E-state index is 2.39. The number of benzene rings is 4. The summed E-state index contributed by atoms with van der Waals surface area (Å²) in [5.74, 6) is 0. The number of hydrogen-bond acceptors (Lipinski definition) is 0. The van der Waals surface area contributed by atoms with Crippen molar-refractivity contribution >= 4 is 28.8 Å². The molecular formula is C32H32Si. The molecule has 0 unspecified atom stereocenters. The second-order valence-electron chi connectivity index (χ2n) is 9.78. The van der Waals surface area contributed by atoms with E-state index in [-0.39, 0.29) is 0 Å². The molecule has 0 atom stereocenters. The molecule has 0 nitrogen and oxygen atoms in total. The zero-order valence-corrected chi connectivity index (χ0v) is 21.6. The first-order valence-corrected chi connectivity index (χ1v) is 13.9. The van der Waals surface area contributed by atoms with Crippen molar-refractivity contribution in [2.75, 3.05) is 0 Å². The quantitative estimate of drug-likeness (QED) is 0.304. The van der Waals surface area contributed by atoms with E-state index in [0.717, 1.165) is 0 Å². The van der Waals surface area contributed by atoms with Crippen LogP contribution in [-0.4, -0.2) is 8.07 Å². The van der Waals surface area contributed by atoms with Gasteiger partial charge in [0.2, 0.25) is 0 Å². The fraction of sp³-hybridized carbons (Fsp3) is 0.188. The van der Waals surface area contributed by atoms with Crippen LogP contribution in [0.1, 0.15) is 44.5 Å². The molecule has 0 spiro atoms. The molecule has 1 heterocycles. The van der Waals surface area contributed by atoms with E-state index in [9.17, 15) is 0 Å². The minimum atomic E-state index is -2.34. The molecule has 0 aromatic heterocycles. The van der Waals surface area contributed by atoms with Crippen molar-refractivity contribution in [2.24, 2.45) is 0 Å². The van der Waals surface area contributed by atoms with Gasteiger partial charge in [0.05, 0.1) is 0 Å². The highest BCUT2D eigenvalue weighted by Crippen LogP contribution is 2.55. The van der Waals surface area contributed by atoms with Crippen molar-refractivity contribution in [1.82, 2.24) is 0 Å². The lowest BCUT2D eigenvalue weighted by Gasteiger charge is -2.28. The van der Waals surface area contributed by atoms with E-state index < -0.39 is 8.07 Å². The van der Waals surface area contributed by atoms with Crippen LogP contribution in [0.3, 0.4) is 0 Å². The molecule has 33 heavy (non-hydrogen) atoms. The van der Waals surface area contributed by atoms with Crippen molar-refractivity contribution in [3.05, 3.63) is 129 Å². The summed E-state index contributed by atoms with van der Waals surface area (Å²) >= 11 is 0.